The summed E-state index contributed by atoms with van der Waals surface area (Å²) in [6.45, 7) is 1.91. The molecule has 0 bridgehead atoms. The second kappa shape index (κ2) is 5.64. The Morgan fingerprint density at radius 2 is 1.84 bits per heavy atom. The summed E-state index contributed by atoms with van der Waals surface area (Å²) in [4.78, 5) is 16.0. The van der Waals surface area contributed by atoms with Crippen molar-refractivity contribution in [3.8, 4) is 0 Å². The third-order valence-electron chi connectivity index (χ3n) is 2.62. The van der Waals surface area contributed by atoms with Gasteiger partial charge in [0.2, 0.25) is 0 Å². The third kappa shape index (κ3) is 3.40. The van der Waals surface area contributed by atoms with Gasteiger partial charge < -0.3 is 15.4 Å². The minimum Gasteiger partial charge on any atom is -0.423 e. The van der Waals surface area contributed by atoms with E-state index >= 15 is 0 Å². The second-order valence-electron chi connectivity index (χ2n) is 4.17. The number of aromatic nitrogens is 1. The summed E-state index contributed by atoms with van der Waals surface area (Å²) in [5, 5.41) is 20.6. The van der Waals surface area contributed by atoms with Crippen molar-refractivity contribution in [2.75, 3.05) is 5.32 Å². The molecule has 5 nitrogen and oxygen atoms in total. The average molecular weight is 256 g/mol. The molecule has 0 saturated carbocycles. The average Bonchev–Trinajstić information content (AvgIpc) is 2.41. The molecule has 1 amide bonds. The molecule has 6 heteroatoms. The number of pyridine rings is 1. The number of carbonyl (C=O) groups is 1. The van der Waals surface area contributed by atoms with Crippen LogP contribution in [-0.2, 0) is 0 Å². The molecule has 2 rings (SSSR count). The van der Waals surface area contributed by atoms with Gasteiger partial charge in [-0.15, -0.1) is 0 Å². The first kappa shape index (κ1) is 13.3. The molecule has 0 aliphatic heterocycles. The van der Waals surface area contributed by atoms with Crippen molar-refractivity contribution in [1.29, 1.82) is 0 Å². The second-order valence-corrected chi connectivity index (χ2v) is 4.17. The number of anilines is 1. The van der Waals surface area contributed by atoms with E-state index in [2.05, 4.69) is 10.3 Å². The molecule has 1 aromatic heterocycles. The Morgan fingerprint density at radius 1 is 1.16 bits per heavy atom. The fourth-order valence-corrected chi connectivity index (χ4v) is 1.54. The molecule has 0 aliphatic carbocycles. The molecule has 0 saturated heterocycles. The first-order chi connectivity index (χ1) is 9.06. The highest BCUT2D eigenvalue weighted by atomic mass is 16.4. The monoisotopic (exact) mass is 256 g/mol. The summed E-state index contributed by atoms with van der Waals surface area (Å²) in [7, 11) is -1.53. The highest BCUT2D eigenvalue weighted by Gasteiger charge is 2.12. The Bertz CT molecular complexity index is 567. The molecule has 0 radical (unpaired) electrons. The SMILES string of the molecule is Cc1ccc(NC(=O)c2ccc(B(O)O)cc2)nc1. The maximum absolute atomic E-state index is 11.9. The minimum atomic E-state index is -1.53. The molecule has 2 aromatic rings. The van der Waals surface area contributed by atoms with Crippen LogP contribution >= 0.6 is 0 Å². The van der Waals surface area contributed by atoms with Crippen LogP contribution in [0.4, 0.5) is 5.82 Å². The van der Waals surface area contributed by atoms with Crippen molar-refractivity contribution in [3.05, 3.63) is 53.7 Å². The largest absolute Gasteiger partial charge is 0.488 e. The Hall–Kier alpha value is -2.18. The fourth-order valence-electron chi connectivity index (χ4n) is 1.54. The number of rotatable bonds is 3. The lowest BCUT2D eigenvalue weighted by Gasteiger charge is -2.05. The van der Waals surface area contributed by atoms with E-state index in [1.807, 2.05) is 13.0 Å². The van der Waals surface area contributed by atoms with Gasteiger partial charge >= 0.3 is 7.12 Å². The molecule has 1 heterocycles. The number of hydrogen-bond donors (Lipinski definition) is 3. The first-order valence-electron chi connectivity index (χ1n) is 5.76. The molecule has 3 N–H and O–H groups in total. The summed E-state index contributed by atoms with van der Waals surface area (Å²) >= 11 is 0. The van der Waals surface area contributed by atoms with E-state index < -0.39 is 7.12 Å². The van der Waals surface area contributed by atoms with E-state index in [-0.39, 0.29) is 5.91 Å². The van der Waals surface area contributed by atoms with Crippen molar-refractivity contribution in [2.45, 2.75) is 6.92 Å². The Morgan fingerprint density at radius 3 is 2.37 bits per heavy atom. The third-order valence-corrected chi connectivity index (χ3v) is 2.62. The van der Waals surface area contributed by atoms with Gasteiger partial charge in [-0.2, -0.15) is 0 Å². The minimum absolute atomic E-state index is 0.296. The summed E-state index contributed by atoms with van der Waals surface area (Å²) in [6.07, 6.45) is 1.67. The quantitative estimate of drug-likeness (QED) is 0.691. The zero-order valence-corrected chi connectivity index (χ0v) is 10.4. The summed E-state index contributed by atoms with van der Waals surface area (Å²) in [5.74, 6) is 0.178. The topological polar surface area (TPSA) is 82.5 Å². The van der Waals surface area contributed by atoms with Gasteiger partial charge in [-0.05, 0) is 36.1 Å². The van der Waals surface area contributed by atoms with Gasteiger partial charge in [-0.25, -0.2) is 4.98 Å². The normalized spacial score (nSPS) is 10.1. The van der Waals surface area contributed by atoms with Crippen LogP contribution in [0.2, 0.25) is 0 Å². The van der Waals surface area contributed by atoms with Crippen LogP contribution in [-0.4, -0.2) is 28.1 Å². The Kier molecular flexibility index (Phi) is 3.94. The van der Waals surface area contributed by atoms with Gasteiger partial charge in [-0.1, -0.05) is 18.2 Å². The number of hydrogen-bond acceptors (Lipinski definition) is 4. The number of nitrogens with one attached hydrogen (secondary N) is 1. The standard InChI is InChI=1S/C13H13BN2O3/c1-9-2-7-12(15-8-9)16-13(17)10-3-5-11(6-4-10)14(18)19/h2-8,18-19H,1H3,(H,15,16,17). The molecular formula is C13H13BN2O3. The van der Waals surface area contributed by atoms with Gasteiger partial charge in [0.15, 0.2) is 0 Å². The molecule has 0 spiro atoms. The number of carbonyl (C=O) groups excluding carboxylic acids is 1. The molecule has 0 atom stereocenters. The summed E-state index contributed by atoms with van der Waals surface area (Å²) in [6, 6.07) is 9.60. The number of aryl methyl sites for hydroxylation is 1. The highest BCUT2D eigenvalue weighted by Crippen LogP contribution is 2.06. The van der Waals surface area contributed by atoms with E-state index in [1.54, 1.807) is 12.3 Å². The Balaban J connectivity index is 2.09. The first-order valence-corrected chi connectivity index (χ1v) is 5.76. The van der Waals surface area contributed by atoms with Gasteiger partial charge in [0.25, 0.3) is 5.91 Å². The van der Waals surface area contributed by atoms with Crippen molar-refractivity contribution in [3.63, 3.8) is 0 Å². The zero-order valence-electron chi connectivity index (χ0n) is 10.4. The highest BCUT2D eigenvalue weighted by molar-refractivity contribution is 6.58. The van der Waals surface area contributed by atoms with Crippen LogP contribution in [0, 0.1) is 6.92 Å². The predicted octanol–water partition coefficient (Wildman–Crippen LogP) is 0.322. The van der Waals surface area contributed by atoms with E-state index in [4.69, 9.17) is 10.0 Å². The molecule has 0 unspecified atom stereocenters. The van der Waals surface area contributed by atoms with Crippen LogP contribution in [0.5, 0.6) is 0 Å². The van der Waals surface area contributed by atoms with E-state index in [0.29, 0.717) is 16.8 Å². The predicted molar refractivity (Wildman–Crippen MR) is 73.2 cm³/mol. The maximum atomic E-state index is 11.9. The van der Waals surface area contributed by atoms with Crippen molar-refractivity contribution in [2.24, 2.45) is 0 Å². The van der Waals surface area contributed by atoms with Crippen LogP contribution in [0.3, 0.4) is 0 Å². The molecule has 1 aromatic carbocycles. The van der Waals surface area contributed by atoms with Crippen molar-refractivity contribution < 1.29 is 14.8 Å². The van der Waals surface area contributed by atoms with E-state index in [0.717, 1.165) is 5.56 Å². The number of nitrogens with zero attached hydrogens (tertiary/aromatic N) is 1. The molecular weight excluding hydrogens is 243 g/mol. The van der Waals surface area contributed by atoms with Crippen LogP contribution in [0.1, 0.15) is 15.9 Å². The van der Waals surface area contributed by atoms with Crippen LogP contribution < -0.4 is 10.8 Å². The lowest BCUT2D eigenvalue weighted by molar-refractivity contribution is 0.102. The van der Waals surface area contributed by atoms with Gasteiger partial charge in [0.1, 0.15) is 5.82 Å². The summed E-state index contributed by atoms with van der Waals surface area (Å²) in [5.41, 5.74) is 1.77. The lowest BCUT2D eigenvalue weighted by atomic mass is 9.80. The van der Waals surface area contributed by atoms with Gasteiger partial charge in [0.05, 0.1) is 0 Å². The Labute approximate surface area is 111 Å². The zero-order chi connectivity index (χ0) is 13.8. The van der Waals surface area contributed by atoms with Crippen LogP contribution in [0.25, 0.3) is 0 Å². The van der Waals surface area contributed by atoms with Gasteiger partial charge in [0, 0.05) is 11.8 Å². The smallest absolute Gasteiger partial charge is 0.423 e. The summed E-state index contributed by atoms with van der Waals surface area (Å²) < 4.78 is 0. The molecule has 19 heavy (non-hydrogen) atoms. The lowest BCUT2D eigenvalue weighted by Crippen LogP contribution is -2.29. The number of amides is 1. The van der Waals surface area contributed by atoms with Gasteiger partial charge in [-0.3, -0.25) is 4.79 Å². The van der Waals surface area contributed by atoms with Crippen LogP contribution in [0.15, 0.2) is 42.6 Å². The molecule has 0 fully saturated rings. The maximum Gasteiger partial charge on any atom is 0.488 e. The van der Waals surface area contributed by atoms with Crippen molar-refractivity contribution in [1.82, 2.24) is 4.98 Å². The van der Waals surface area contributed by atoms with E-state index in [9.17, 15) is 4.79 Å². The molecule has 0 aliphatic rings. The number of benzene rings is 1. The van der Waals surface area contributed by atoms with Crippen molar-refractivity contribution >= 4 is 24.3 Å². The fraction of sp³-hybridized carbons (Fsp3) is 0.0769. The molecule has 96 valence electrons. The van der Waals surface area contributed by atoms with E-state index in [1.165, 1.54) is 24.3 Å².